The van der Waals surface area contributed by atoms with Gasteiger partial charge in [0.25, 0.3) is 15.9 Å². The van der Waals surface area contributed by atoms with Crippen LogP contribution in [-0.2, 0) is 10.0 Å². The van der Waals surface area contributed by atoms with E-state index < -0.39 is 10.0 Å². The summed E-state index contributed by atoms with van der Waals surface area (Å²) in [7, 11) is -1.75. The van der Waals surface area contributed by atoms with Crippen LogP contribution in [0.4, 0.5) is 5.69 Å². The second-order valence-electron chi connectivity index (χ2n) is 7.88. The number of likely N-dealkylation sites (tertiary alicyclic amines) is 1. The Morgan fingerprint density at radius 1 is 1.03 bits per heavy atom. The molecule has 1 aliphatic heterocycles. The summed E-state index contributed by atoms with van der Waals surface area (Å²) in [4.78, 5) is 15.1. The molecule has 2 N–H and O–H groups in total. The zero-order valence-electron chi connectivity index (χ0n) is 17.5. The van der Waals surface area contributed by atoms with Crippen LogP contribution in [0.5, 0.6) is 0 Å². The van der Waals surface area contributed by atoms with Gasteiger partial charge in [0, 0.05) is 11.6 Å². The highest BCUT2D eigenvalue weighted by molar-refractivity contribution is 7.92. The zero-order valence-corrected chi connectivity index (χ0v) is 18.3. The molecule has 0 atom stereocenters. The average Bonchev–Trinajstić information content (AvgIpc) is 2.67. The summed E-state index contributed by atoms with van der Waals surface area (Å²) >= 11 is 0. The van der Waals surface area contributed by atoms with Gasteiger partial charge in [-0.3, -0.25) is 9.52 Å². The van der Waals surface area contributed by atoms with Gasteiger partial charge in [-0.15, -0.1) is 0 Å². The standard InChI is InChI=1S/C22H29N3O3S/c1-15-6-5-7-20(17(15)3)24-29(27,28)21-14-18(9-8-16(21)2)22(26)23-19-10-12-25(4)13-11-19/h5-9,14,19,24H,10-13H2,1-4H3,(H,23,26). The lowest BCUT2D eigenvalue weighted by Gasteiger charge is -2.29. The summed E-state index contributed by atoms with van der Waals surface area (Å²) in [6.45, 7) is 7.44. The molecule has 1 aliphatic rings. The number of carbonyl (C=O) groups excluding carboxylic acids is 1. The molecule has 0 bridgehead atoms. The summed E-state index contributed by atoms with van der Waals surface area (Å²) in [6.07, 6.45) is 1.79. The van der Waals surface area contributed by atoms with Crippen molar-refractivity contribution >= 4 is 21.6 Å². The quantitative estimate of drug-likeness (QED) is 0.786. The Hall–Kier alpha value is -2.38. The molecule has 1 amide bonds. The molecule has 29 heavy (non-hydrogen) atoms. The van der Waals surface area contributed by atoms with Crippen LogP contribution in [0.25, 0.3) is 0 Å². The van der Waals surface area contributed by atoms with Gasteiger partial charge in [0.2, 0.25) is 0 Å². The number of hydrogen-bond donors (Lipinski definition) is 2. The summed E-state index contributed by atoms with van der Waals surface area (Å²) in [5.74, 6) is -0.234. The second-order valence-corrected chi connectivity index (χ2v) is 9.54. The lowest BCUT2D eigenvalue weighted by atomic mass is 10.0. The summed E-state index contributed by atoms with van der Waals surface area (Å²) in [6, 6.07) is 10.4. The molecule has 2 aromatic rings. The molecule has 6 nitrogen and oxygen atoms in total. The SMILES string of the molecule is Cc1ccc(C(=O)NC2CCN(C)CC2)cc1S(=O)(=O)Nc1cccc(C)c1C. The topological polar surface area (TPSA) is 78.5 Å². The first kappa shape index (κ1) is 21.3. The number of aryl methyl sites for hydroxylation is 2. The molecular formula is C22H29N3O3S. The van der Waals surface area contributed by atoms with Gasteiger partial charge in [0.05, 0.1) is 10.6 Å². The predicted molar refractivity (Wildman–Crippen MR) is 116 cm³/mol. The highest BCUT2D eigenvalue weighted by atomic mass is 32.2. The molecule has 1 fully saturated rings. The van der Waals surface area contributed by atoms with Crippen LogP contribution in [0.2, 0.25) is 0 Å². The molecule has 0 unspecified atom stereocenters. The van der Waals surface area contributed by atoms with Gasteiger partial charge in [-0.05, 0) is 88.6 Å². The first-order valence-electron chi connectivity index (χ1n) is 9.86. The van der Waals surface area contributed by atoms with E-state index in [1.807, 2.05) is 26.0 Å². The number of benzene rings is 2. The third-order valence-corrected chi connectivity index (χ3v) is 7.15. The number of nitrogens with zero attached hydrogens (tertiary/aromatic N) is 1. The molecule has 2 aromatic carbocycles. The Kier molecular flexibility index (Phi) is 6.29. The Morgan fingerprint density at radius 3 is 2.41 bits per heavy atom. The fourth-order valence-corrected chi connectivity index (χ4v) is 4.91. The van der Waals surface area contributed by atoms with E-state index in [1.165, 1.54) is 6.07 Å². The normalized spacial score (nSPS) is 15.9. The van der Waals surface area contributed by atoms with Crippen molar-refractivity contribution in [1.29, 1.82) is 0 Å². The van der Waals surface area contributed by atoms with Gasteiger partial charge in [0.15, 0.2) is 0 Å². The van der Waals surface area contributed by atoms with Gasteiger partial charge >= 0.3 is 0 Å². The molecule has 0 spiro atoms. The van der Waals surface area contributed by atoms with Crippen LogP contribution in [0, 0.1) is 20.8 Å². The van der Waals surface area contributed by atoms with Crippen molar-refractivity contribution in [3.63, 3.8) is 0 Å². The smallest absolute Gasteiger partial charge is 0.262 e. The molecule has 1 saturated heterocycles. The maximum atomic E-state index is 13.0. The van der Waals surface area contributed by atoms with Crippen molar-refractivity contribution in [2.45, 2.75) is 44.6 Å². The molecule has 1 heterocycles. The minimum Gasteiger partial charge on any atom is -0.349 e. The highest BCUT2D eigenvalue weighted by Gasteiger charge is 2.22. The number of hydrogen-bond acceptors (Lipinski definition) is 4. The van der Waals surface area contributed by atoms with Crippen molar-refractivity contribution < 1.29 is 13.2 Å². The third kappa shape index (κ3) is 4.97. The van der Waals surface area contributed by atoms with Gasteiger partial charge in [-0.1, -0.05) is 18.2 Å². The highest BCUT2D eigenvalue weighted by Crippen LogP contribution is 2.24. The Bertz CT molecular complexity index is 1010. The first-order valence-corrected chi connectivity index (χ1v) is 11.3. The summed E-state index contributed by atoms with van der Waals surface area (Å²) < 4.78 is 28.7. The van der Waals surface area contributed by atoms with Gasteiger partial charge in [-0.2, -0.15) is 0 Å². The molecule has 7 heteroatoms. The first-order chi connectivity index (χ1) is 13.7. The van der Waals surface area contributed by atoms with Crippen molar-refractivity contribution in [2.75, 3.05) is 24.9 Å². The summed E-state index contributed by atoms with van der Waals surface area (Å²) in [5.41, 5.74) is 3.39. The molecule has 0 saturated carbocycles. The predicted octanol–water partition coefficient (Wildman–Crippen LogP) is 3.24. The van der Waals surface area contributed by atoms with E-state index in [9.17, 15) is 13.2 Å². The number of carbonyl (C=O) groups is 1. The van der Waals surface area contributed by atoms with E-state index in [1.54, 1.807) is 25.1 Å². The van der Waals surface area contributed by atoms with E-state index in [0.717, 1.165) is 37.1 Å². The Labute approximate surface area is 173 Å². The molecular weight excluding hydrogens is 386 g/mol. The second kappa shape index (κ2) is 8.55. The third-order valence-electron chi connectivity index (χ3n) is 5.64. The monoisotopic (exact) mass is 415 g/mol. The number of sulfonamides is 1. The van der Waals surface area contributed by atoms with Crippen molar-refractivity contribution in [1.82, 2.24) is 10.2 Å². The van der Waals surface area contributed by atoms with E-state index in [-0.39, 0.29) is 16.8 Å². The van der Waals surface area contributed by atoms with E-state index in [0.29, 0.717) is 16.8 Å². The lowest BCUT2D eigenvalue weighted by molar-refractivity contribution is 0.0916. The fraction of sp³-hybridized carbons (Fsp3) is 0.409. The van der Waals surface area contributed by atoms with Crippen LogP contribution < -0.4 is 10.0 Å². The molecule has 0 radical (unpaired) electrons. The van der Waals surface area contributed by atoms with Crippen LogP contribution in [-0.4, -0.2) is 45.4 Å². The maximum Gasteiger partial charge on any atom is 0.262 e. The minimum absolute atomic E-state index is 0.119. The summed E-state index contributed by atoms with van der Waals surface area (Å²) in [5, 5.41) is 3.04. The molecule has 0 aliphatic carbocycles. The van der Waals surface area contributed by atoms with Gasteiger partial charge in [-0.25, -0.2) is 8.42 Å². The van der Waals surface area contributed by atoms with E-state index in [2.05, 4.69) is 22.0 Å². The van der Waals surface area contributed by atoms with Crippen LogP contribution in [0.1, 0.15) is 39.9 Å². The van der Waals surface area contributed by atoms with Crippen molar-refractivity contribution in [3.05, 3.63) is 58.7 Å². The number of amides is 1. The fourth-order valence-electron chi connectivity index (χ4n) is 3.51. The number of anilines is 1. The van der Waals surface area contributed by atoms with Gasteiger partial charge < -0.3 is 10.2 Å². The molecule has 156 valence electrons. The van der Waals surface area contributed by atoms with Crippen molar-refractivity contribution in [2.24, 2.45) is 0 Å². The largest absolute Gasteiger partial charge is 0.349 e. The average molecular weight is 416 g/mol. The maximum absolute atomic E-state index is 13.0. The Morgan fingerprint density at radius 2 is 1.72 bits per heavy atom. The van der Waals surface area contributed by atoms with Crippen molar-refractivity contribution in [3.8, 4) is 0 Å². The lowest BCUT2D eigenvalue weighted by Crippen LogP contribution is -2.43. The van der Waals surface area contributed by atoms with Gasteiger partial charge in [0.1, 0.15) is 0 Å². The molecule has 0 aromatic heterocycles. The van der Waals surface area contributed by atoms with E-state index >= 15 is 0 Å². The minimum atomic E-state index is -3.82. The number of rotatable bonds is 5. The number of nitrogens with one attached hydrogen (secondary N) is 2. The van der Waals surface area contributed by atoms with E-state index in [4.69, 9.17) is 0 Å². The Balaban J connectivity index is 1.82. The zero-order chi connectivity index (χ0) is 21.2. The molecule has 3 rings (SSSR count). The van der Waals surface area contributed by atoms with Crippen LogP contribution >= 0.6 is 0 Å². The number of piperidine rings is 1. The van der Waals surface area contributed by atoms with Crippen LogP contribution in [0.15, 0.2) is 41.3 Å². The van der Waals surface area contributed by atoms with Crippen LogP contribution in [0.3, 0.4) is 0 Å².